The van der Waals surface area contributed by atoms with Gasteiger partial charge in [-0.25, -0.2) is 7.26 Å². The summed E-state index contributed by atoms with van der Waals surface area (Å²) in [6.45, 7) is 3.70. The number of nitrogens with one attached hydrogen (secondary N) is 4. The van der Waals surface area contributed by atoms with Gasteiger partial charge in [-0.15, -0.1) is 0 Å². The first-order valence-electron chi connectivity index (χ1n) is 11.5. The van der Waals surface area contributed by atoms with Crippen molar-refractivity contribution in [3.63, 3.8) is 0 Å². The molecule has 0 atom stereocenters. The van der Waals surface area contributed by atoms with Crippen LogP contribution < -0.4 is 21.7 Å². The lowest BCUT2D eigenvalue weighted by Crippen LogP contribution is -2.35. The Morgan fingerprint density at radius 3 is 0.895 bits per heavy atom. The van der Waals surface area contributed by atoms with E-state index in [9.17, 15) is 0 Å². The summed E-state index contributed by atoms with van der Waals surface area (Å²) in [5, 5.41) is 7.70. The zero-order valence-electron chi connectivity index (χ0n) is 20.1. The summed E-state index contributed by atoms with van der Waals surface area (Å²) in [6.07, 6.45) is 20.3. The van der Waals surface area contributed by atoms with E-state index in [0.717, 1.165) is 100 Å². The van der Waals surface area contributed by atoms with E-state index in [2.05, 4.69) is 46.0 Å². The lowest BCUT2D eigenvalue weighted by Gasteiger charge is -2.18. The summed E-state index contributed by atoms with van der Waals surface area (Å²) < 4.78 is 12.8. The van der Waals surface area contributed by atoms with Crippen molar-refractivity contribution in [2.24, 2.45) is 0 Å². The maximum absolute atomic E-state index is 5.30. The normalized spacial score (nSPS) is 17.1. The average Bonchev–Trinajstić information content (AvgIpc) is 3.69. The molecule has 4 aliphatic rings. The molecule has 208 valence electrons. The molecule has 0 aromatic carbocycles. The molecule has 0 aromatic rings. The van der Waals surface area contributed by atoms with Gasteiger partial charge in [-0.2, -0.15) is 0 Å². The minimum Gasteiger partial charge on any atom is -0.294 e. The first kappa shape index (κ1) is 31.6. The smallest absolute Gasteiger partial charge is 0.181 e. The summed E-state index contributed by atoms with van der Waals surface area (Å²) in [4.78, 5) is 0. The van der Waals surface area contributed by atoms with Crippen LogP contribution in [0.25, 0.3) is 0 Å². The van der Waals surface area contributed by atoms with Crippen molar-refractivity contribution in [3.8, 4) is 0 Å². The molecule has 10 nitrogen and oxygen atoms in total. The molecule has 0 amide bonds. The molecule has 4 heterocycles. The van der Waals surface area contributed by atoms with E-state index in [-0.39, 0.29) is 0 Å². The van der Waals surface area contributed by atoms with Crippen molar-refractivity contribution in [2.75, 3.05) is 26.2 Å². The highest BCUT2D eigenvalue weighted by Crippen LogP contribution is 2.19. The first-order valence-corrected chi connectivity index (χ1v) is 16.1. The minimum atomic E-state index is 0.558. The quantitative estimate of drug-likeness (QED) is 0.214. The highest BCUT2D eigenvalue weighted by atomic mass is 32.3. The Morgan fingerprint density at radius 2 is 0.711 bits per heavy atom. The van der Waals surface area contributed by atoms with Crippen molar-refractivity contribution >= 4 is 114 Å². The van der Waals surface area contributed by atoms with Crippen molar-refractivity contribution < 1.29 is 7.26 Å². The van der Waals surface area contributed by atoms with Crippen LogP contribution in [0, 0.1) is 0 Å². The number of thiocarbonyl (C=S) groups is 4. The van der Waals surface area contributed by atoms with Crippen molar-refractivity contribution in [2.45, 2.75) is 25.7 Å². The summed E-state index contributed by atoms with van der Waals surface area (Å²) in [5.74, 6) is 0. The molecule has 4 aliphatic heterocycles. The minimum absolute atomic E-state index is 0.558. The summed E-state index contributed by atoms with van der Waals surface area (Å²) in [5.41, 5.74) is 12.2. The van der Waals surface area contributed by atoms with E-state index in [4.69, 9.17) is 56.1 Å². The maximum Gasteiger partial charge on any atom is 0.181 e. The third-order valence-electron chi connectivity index (χ3n) is 4.67. The topological polar surface area (TPSA) is 79.5 Å². The van der Waals surface area contributed by atoms with Crippen LogP contribution in [0.4, 0.5) is 0 Å². The fourth-order valence-electron chi connectivity index (χ4n) is 3.03. The third-order valence-corrected chi connectivity index (χ3v) is 7.91. The molecular weight excluding hydrogens is 641 g/mol. The van der Waals surface area contributed by atoms with Crippen molar-refractivity contribution in [3.05, 3.63) is 49.1 Å². The molecule has 4 N–H and O–H groups in total. The molecule has 0 aliphatic carbocycles. The number of hydrogen-bond acceptors (Lipinski definition) is 14. The molecule has 0 fully saturated rings. The monoisotopic (exact) mass is 668 g/mol. The maximum atomic E-state index is 5.30. The lowest BCUT2D eigenvalue weighted by molar-refractivity contribution is 0.367. The molecule has 0 bridgehead atoms. The molecule has 0 saturated heterocycles. The van der Waals surface area contributed by atoms with Crippen molar-refractivity contribution in [1.29, 1.82) is 0 Å². The molecule has 4 rings (SSSR count). The predicted molar refractivity (Wildman–Crippen MR) is 177 cm³/mol. The van der Waals surface area contributed by atoms with E-state index in [1.807, 2.05) is 44.8 Å². The van der Waals surface area contributed by atoms with Crippen molar-refractivity contribution in [1.82, 2.24) is 41.7 Å². The zero-order valence-corrected chi connectivity index (χ0v) is 26.7. The molecule has 38 heavy (non-hydrogen) atoms. The van der Waals surface area contributed by atoms with Crippen LogP contribution in [0.15, 0.2) is 49.1 Å². The highest BCUT2D eigenvalue weighted by Gasteiger charge is 2.11. The fourth-order valence-corrected chi connectivity index (χ4v) is 6.38. The van der Waals surface area contributed by atoms with Crippen LogP contribution in [0.3, 0.4) is 0 Å². The average molecular weight is 669 g/mol. The molecule has 0 unspecified atom stereocenters. The van der Waals surface area contributed by atoms with Crippen LogP contribution in [0.5, 0.6) is 0 Å². The second-order valence-electron chi connectivity index (χ2n) is 7.53. The van der Waals surface area contributed by atoms with Gasteiger partial charge in [0.05, 0.1) is 48.2 Å². The summed E-state index contributed by atoms with van der Waals surface area (Å²) >= 11 is 24.9. The molecule has 0 radical (unpaired) electrons. The van der Waals surface area contributed by atoms with E-state index < -0.39 is 0 Å². The number of rotatable bonds is 8. The lowest BCUT2D eigenvalue weighted by atomic mass is 10.5. The Balaban J connectivity index is 0.000000211. The van der Waals surface area contributed by atoms with Crippen LogP contribution >= 0.6 is 97.0 Å². The predicted octanol–water partition coefficient (Wildman–Crippen LogP) is 4.63. The van der Waals surface area contributed by atoms with Gasteiger partial charge < -0.3 is 0 Å². The van der Waals surface area contributed by atoms with E-state index in [1.54, 1.807) is 0 Å². The van der Waals surface area contributed by atoms with E-state index in [0.29, 0.717) is 17.3 Å². The number of hydrazine groups is 4. The van der Waals surface area contributed by atoms with Gasteiger partial charge in [0.1, 0.15) is 0 Å². The highest BCUT2D eigenvalue weighted by molar-refractivity contribution is 8.30. The SMILES string of the molecule is S=C(NN1C=CCC1)SOSC(=S)NN1C=CCC1.S=C(NN1C=CCC1)SOSC(=S)NN1C=CCC1. The molecule has 0 spiro atoms. The fraction of sp³-hybridized carbons (Fsp3) is 0.400. The van der Waals surface area contributed by atoms with Gasteiger partial charge >= 0.3 is 0 Å². The van der Waals surface area contributed by atoms with Gasteiger partial charge in [-0.1, -0.05) is 24.3 Å². The third kappa shape index (κ3) is 13.4. The van der Waals surface area contributed by atoms with Gasteiger partial charge in [-0.3, -0.25) is 41.7 Å². The molecule has 0 saturated carbocycles. The summed E-state index contributed by atoms with van der Waals surface area (Å²) in [6, 6.07) is 0. The Hall–Kier alpha value is -0.960. The van der Waals surface area contributed by atoms with Crippen LogP contribution in [0.2, 0.25) is 0 Å². The number of hydrogen-bond donors (Lipinski definition) is 4. The molecule has 18 heteroatoms. The van der Waals surface area contributed by atoms with Gasteiger partial charge in [-0.05, 0) is 74.6 Å². The van der Waals surface area contributed by atoms with Gasteiger partial charge in [0.15, 0.2) is 17.3 Å². The van der Waals surface area contributed by atoms with E-state index in [1.165, 1.54) is 0 Å². The van der Waals surface area contributed by atoms with Crippen LogP contribution in [-0.2, 0) is 7.26 Å². The van der Waals surface area contributed by atoms with Gasteiger partial charge in [0.2, 0.25) is 0 Å². The Morgan fingerprint density at radius 1 is 0.474 bits per heavy atom. The van der Waals surface area contributed by atoms with Gasteiger partial charge in [0.25, 0.3) is 0 Å². The van der Waals surface area contributed by atoms with E-state index >= 15 is 0 Å². The van der Waals surface area contributed by atoms with Gasteiger partial charge in [0, 0.05) is 51.0 Å². The zero-order chi connectivity index (χ0) is 27.0. The van der Waals surface area contributed by atoms with Crippen LogP contribution in [-0.4, -0.2) is 63.5 Å². The second kappa shape index (κ2) is 18.4. The largest absolute Gasteiger partial charge is 0.294 e. The Bertz CT molecular complexity index is 804. The Labute approximate surface area is 262 Å². The Kier molecular flexibility index (Phi) is 15.3. The molecule has 0 aromatic heterocycles. The first-order chi connectivity index (χ1) is 18.5. The number of nitrogens with zero attached hydrogens (tertiary/aromatic N) is 4. The molecular formula is C20H28N8O2S8. The second-order valence-corrected chi connectivity index (χ2v) is 13.6. The standard InChI is InChI=1S/2C10H14N4OS4/c2*16-9(11-13-5-1-2-6-13)18-15-19-10(17)12-14-7-3-4-8-14/h2*1,3,5,7H,2,4,6,8H2,(H,11,16)(H,12,17). The van der Waals surface area contributed by atoms with Crippen LogP contribution in [0.1, 0.15) is 25.7 Å². The summed E-state index contributed by atoms with van der Waals surface area (Å²) in [7, 11) is 0.